The summed E-state index contributed by atoms with van der Waals surface area (Å²) in [7, 11) is 0. The van der Waals surface area contributed by atoms with Gasteiger partial charge in [0.25, 0.3) is 0 Å². The zero-order valence-electron chi connectivity index (χ0n) is 11.6. The minimum atomic E-state index is -0.159. The van der Waals surface area contributed by atoms with Crippen molar-refractivity contribution in [2.75, 3.05) is 5.32 Å². The van der Waals surface area contributed by atoms with Crippen molar-refractivity contribution in [2.45, 2.75) is 20.1 Å². The Bertz CT molecular complexity index is 782. The van der Waals surface area contributed by atoms with Gasteiger partial charge < -0.3 is 15.5 Å². The Morgan fingerprint density at radius 3 is 2.95 bits per heavy atom. The number of hydrogen-bond donors (Lipinski definition) is 4. The highest BCUT2D eigenvalue weighted by atomic mass is 16.3. The summed E-state index contributed by atoms with van der Waals surface area (Å²) in [6.45, 7) is 1.97. The summed E-state index contributed by atoms with van der Waals surface area (Å²) < 4.78 is 0. The van der Waals surface area contributed by atoms with E-state index >= 15 is 0 Å². The molecule has 0 aliphatic rings. The van der Waals surface area contributed by atoms with Gasteiger partial charge in [-0.25, -0.2) is 0 Å². The fourth-order valence-corrected chi connectivity index (χ4v) is 2.32. The first-order valence-electron chi connectivity index (χ1n) is 6.64. The van der Waals surface area contributed by atoms with Crippen LogP contribution in [-0.2, 0) is 13.2 Å². The Kier molecular flexibility index (Phi) is 3.45. The van der Waals surface area contributed by atoms with Crippen molar-refractivity contribution < 1.29 is 10.2 Å². The molecule has 0 saturated heterocycles. The molecule has 0 amide bonds. The number of rotatable bonds is 4. The van der Waals surface area contributed by atoms with E-state index in [1.807, 2.05) is 18.2 Å². The van der Waals surface area contributed by atoms with Gasteiger partial charge >= 0.3 is 0 Å². The van der Waals surface area contributed by atoms with Crippen molar-refractivity contribution in [2.24, 2.45) is 0 Å². The zero-order valence-corrected chi connectivity index (χ0v) is 11.6. The first-order valence-corrected chi connectivity index (χ1v) is 6.64. The molecule has 2 heterocycles. The van der Waals surface area contributed by atoms with Gasteiger partial charge in [0.2, 0.25) is 0 Å². The third kappa shape index (κ3) is 2.41. The molecular weight excluding hydrogens is 268 g/mol. The van der Waals surface area contributed by atoms with Gasteiger partial charge in [-0.3, -0.25) is 10.1 Å². The number of hydrogen-bond acceptors (Lipinski definition) is 5. The molecule has 108 valence electrons. The number of aromatic amines is 1. The number of aromatic nitrogens is 3. The monoisotopic (exact) mass is 284 g/mol. The van der Waals surface area contributed by atoms with Crippen molar-refractivity contribution in [1.29, 1.82) is 0 Å². The first kappa shape index (κ1) is 13.4. The number of benzene rings is 1. The van der Waals surface area contributed by atoms with Gasteiger partial charge in [0.1, 0.15) is 5.75 Å². The van der Waals surface area contributed by atoms with Crippen molar-refractivity contribution >= 4 is 16.6 Å². The van der Waals surface area contributed by atoms with Gasteiger partial charge in [0.05, 0.1) is 24.0 Å². The first-order chi connectivity index (χ1) is 10.2. The van der Waals surface area contributed by atoms with Crippen LogP contribution in [-0.4, -0.2) is 25.4 Å². The summed E-state index contributed by atoms with van der Waals surface area (Å²) in [6.07, 6.45) is 3.34. The molecular formula is C15H16N4O2. The lowest BCUT2D eigenvalue weighted by Crippen LogP contribution is -2.05. The Hall–Kier alpha value is -2.60. The predicted octanol–water partition coefficient (Wildman–Crippen LogP) is 2.08. The highest BCUT2D eigenvalue weighted by Gasteiger charge is 2.12. The maximum Gasteiger partial charge on any atom is 0.142 e. The van der Waals surface area contributed by atoms with Crippen molar-refractivity contribution in [3.05, 3.63) is 47.4 Å². The van der Waals surface area contributed by atoms with E-state index in [2.05, 4.69) is 20.5 Å². The molecule has 0 radical (unpaired) electrons. The molecule has 6 heteroatoms. The summed E-state index contributed by atoms with van der Waals surface area (Å²) in [4.78, 5) is 4.05. The molecule has 2 aromatic heterocycles. The third-order valence-corrected chi connectivity index (χ3v) is 3.54. The molecule has 3 rings (SSSR count). The lowest BCUT2D eigenvalue weighted by Gasteiger charge is -2.13. The molecule has 3 aromatic rings. The van der Waals surface area contributed by atoms with E-state index in [9.17, 15) is 10.2 Å². The van der Waals surface area contributed by atoms with Crippen molar-refractivity contribution in [3.8, 4) is 5.75 Å². The predicted molar refractivity (Wildman–Crippen MR) is 80.0 cm³/mol. The van der Waals surface area contributed by atoms with Crippen LogP contribution >= 0.6 is 0 Å². The van der Waals surface area contributed by atoms with Gasteiger partial charge in [-0.05, 0) is 19.1 Å². The molecule has 0 aliphatic heterocycles. The number of H-pyrrole nitrogens is 1. The molecule has 0 aliphatic carbocycles. The quantitative estimate of drug-likeness (QED) is 0.588. The van der Waals surface area contributed by atoms with Gasteiger partial charge in [-0.15, -0.1) is 0 Å². The Labute approximate surface area is 121 Å². The fraction of sp³-hybridized carbons (Fsp3) is 0.200. The molecule has 4 N–H and O–H groups in total. The normalized spacial score (nSPS) is 11.0. The largest absolute Gasteiger partial charge is 0.506 e. The van der Waals surface area contributed by atoms with Gasteiger partial charge in [-0.2, -0.15) is 5.10 Å². The van der Waals surface area contributed by atoms with Crippen LogP contribution in [0.25, 0.3) is 10.9 Å². The molecule has 0 bridgehead atoms. The Balaban J connectivity index is 1.91. The van der Waals surface area contributed by atoms with E-state index in [0.717, 1.165) is 16.6 Å². The zero-order chi connectivity index (χ0) is 14.8. The van der Waals surface area contributed by atoms with E-state index in [0.29, 0.717) is 23.4 Å². The summed E-state index contributed by atoms with van der Waals surface area (Å²) in [5.74, 6) is 0.119. The SMILES string of the molecule is Cc1ncc(CO)c(CNc2cccc3[nH]ncc23)c1O. The minimum absolute atomic E-state index is 0.119. The summed E-state index contributed by atoms with van der Waals surface area (Å²) in [5, 5.41) is 30.7. The smallest absolute Gasteiger partial charge is 0.142 e. The molecule has 0 saturated carbocycles. The van der Waals surface area contributed by atoms with Crippen molar-refractivity contribution in [1.82, 2.24) is 15.2 Å². The number of nitrogens with one attached hydrogen (secondary N) is 2. The Morgan fingerprint density at radius 1 is 1.29 bits per heavy atom. The van der Waals surface area contributed by atoms with Crippen LogP contribution in [0.15, 0.2) is 30.6 Å². The van der Waals surface area contributed by atoms with Crippen LogP contribution < -0.4 is 5.32 Å². The van der Waals surface area contributed by atoms with Crippen LogP contribution in [0.2, 0.25) is 0 Å². The Morgan fingerprint density at radius 2 is 2.14 bits per heavy atom. The average Bonchev–Trinajstić information content (AvgIpc) is 2.98. The molecule has 0 spiro atoms. The second kappa shape index (κ2) is 5.41. The number of aliphatic hydroxyl groups excluding tert-OH is 1. The molecule has 0 unspecified atom stereocenters. The second-order valence-electron chi connectivity index (χ2n) is 4.84. The van der Waals surface area contributed by atoms with Crippen LogP contribution in [0.1, 0.15) is 16.8 Å². The van der Waals surface area contributed by atoms with Crippen LogP contribution in [0.5, 0.6) is 5.75 Å². The van der Waals surface area contributed by atoms with E-state index in [1.165, 1.54) is 0 Å². The molecule has 1 aromatic carbocycles. The van der Waals surface area contributed by atoms with Gasteiger partial charge in [0.15, 0.2) is 0 Å². The lowest BCUT2D eigenvalue weighted by atomic mass is 10.1. The molecule has 21 heavy (non-hydrogen) atoms. The highest BCUT2D eigenvalue weighted by molar-refractivity contribution is 5.90. The minimum Gasteiger partial charge on any atom is -0.506 e. The molecule has 0 atom stereocenters. The summed E-state index contributed by atoms with van der Waals surface area (Å²) in [6, 6.07) is 5.82. The third-order valence-electron chi connectivity index (χ3n) is 3.54. The average molecular weight is 284 g/mol. The second-order valence-corrected chi connectivity index (χ2v) is 4.84. The van der Waals surface area contributed by atoms with Crippen LogP contribution in [0.3, 0.4) is 0 Å². The van der Waals surface area contributed by atoms with E-state index in [1.54, 1.807) is 19.3 Å². The number of fused-ring (bicyclic) bond motifs is 1. The number of anilines is 1. The van der Waals surface area contributed by atoms with Gasteiger partial charge in [0, 0.05) is 34.9 Å². The summed E-state index contributed by atoms with van der Waals surface area (Å²) >= 11 is 0. The maximum atomic E-state index is 10.1. The van der Waals surface area contributed by atoms with E-state index in [-0.39, 0.29) is 12.4 Å². The molecule has 6 nitrogen and oxygen atoms in total. The van der Waals surface area contributed by atoms with Crippen LogP contribution in [0.4, 0.5) is 5.69 Å². The van der Waals surface area contributed by atoms with Crippen LogP contribution in [0, 0.1) is 6.92 Å². The number of nitrogens with zero attached hydrogens (tertiary/aromatic N) is 2. The van der Waals surface area contributed by atoms with Gasteiger partial charge in [-0.1, -0.05) is 6.07 Å². The number of pyridine rings is 1. The standard InChI is InChI=1S/C15H16N4O2/c1-9-15(21)11(10(8-20)5-16-9)6-17-13-3-2-4-14-12(13)7-18-19-14/h2-5,7,17,20-21H,6,8H2,1H3,(H,18,19). The highest BCUT2D eigenvalue weighted by Crippen LogP contribution is 2.27. The van der Waals surface area contributed by atoms with Crippen molar-refractivity contribution in [3.63, 3.8) is 0 Å². The van der Waals surface area contributed by atoms with E-state index < -0.39 is 0 Å². The maximum absolute atomic E-state index is 10.1. The number of aliphatic hydroxyl groups is 1. The fourth-order valence-electron chi connectivity index (χ4n) is 2.32. The number of aromatic hydroxyl groups is 1. The lowest BCUT2D eigenvalue weighted by molar-refractivity contribution is 0.279. The summed E-state index contributed by atoms with van der Waals surface area (Å²) in [5.41, 5.74) is 3.68. The topological polar surface area (TPSA) is 94.1 Å². The molecule has 0 fully saturated rings. The van der Waals surface area contributed by atoms with E-state index in [4.69, 9.17) is 0 Å². The number of aryl methyl sites for hydroxylation is 1.